The molecule has 0 aliphatic heterocycles. The molecule has 0 unspecified atom stereocenters. The molecule has 1 atom stereocenters. The molecule has 1 N–H and O–H groups in total. The van der Waals surface area contributed by atoms with Gasteiger partial charge in [0.15, 0.2) is 0 Å². The van der Waals surface area contributed by atoms with Gasteiger partial charge in [-0.25, -0.2) is 8.42 Å². The second-order valence-electron chi connectivity index (χ2n) is 8.25. The molecule has 7 nitrogen and oxygen atoms in total. The van der Waals surface area contributed by atoms with Gasteiger partial charge in [0.1, 0.15) is 6.04 Å². The van der Waals surface area contributed by atoms with Gasteiger partial charge in [-0.3, -0.25) is 13.9 Å². The van der Waals surface area contributed by atoms with Crippen LogP contribution in [-0.4, -0.2) is 51.0 Å². The summed E-state index contributed by atoms with van der Waals surface area (Å²) in [4.78, 5) is 26.9. The summed E-state index contributed by atoms with van der Waals surface area (Å²) in [7, 11) is -2.04. The first-order valence-electron chi connectivity index (χ1n) is 10.8. The lowest BCUT2D eigenvalue weighted by atomic mass is 10.1. The Kier molecular flexibility index (Phi) is 9.79. The van der Waals surface area contributed by atoms with Crippen LogP contribution in [0.4, 0.5) is 5.69 Å². The van der Waals surface area contributed by atoms with Crippen LogP contribution in [0.3, 0.4) is 0 Å². The molecule has 186 valence electrons. The third-order valence-corrected chi connectivity index (χ3v) is 7.48. The molecule has 0 saturated carbocycles. The zero-order chi connectivity index (χ0) is 25.6. The van der Waals surface area contributed by atoms with Crippen molar-refractivity contribution in [3.8, 4) is 0 Å². The topological polar surface area (TPSA) is 86.8 Å². The molecule has 0 fully saturated rings. The Morgan fingerprint density at radius 2 is 1.74 bits per heavy atom. The third kappa shape index (κ3) is 7.35. The number of aryl methyl sites for hydroxylation is 2. The quantitative estimate of drug-likeness (QED) is 0.498. The molecule has 0 heterocycles. The minimum Gasteiger partial charge on any atom is -0.357 e. The fourth-order valence-electron chi connectivity index (χ4n) is 3.51. The van der Waals surface area contributed by atoms with Crippen LogP contribution in [0.5, 0.6) is 0 Å². The van der Waals surface area contributed by atoms with Crippen molar-refractivity contribution < 1.29 is 18.0 Å². The first kappa shape index (κ1) is 28.0. The fraction of sp³-hybridized carbons (Fsp3) is 0.417. The number of halogens is 2. The van der Waals surface area contributed by atoms with Crippen molar-refractivity contribution in [3.05, 3.63) is 63.1 Å². The number of nitrogens with one attached hydrogen (secondary N) is 1. The van der Waals surface area contributed by atoms with Gasteiger partial charge in [-0.1, -0.05) is 35.3 Å². The number of carbonyl (C=O) groups excluding carboxylic acids is 2. The lowest BCUT2D eigenvalue weighted by molar-refractivity contribution is -0.140. The van der Waals surface area contributed by atoms with Gasteiger partial charge in [0, 0.05) is 36.6 Å². The Balaban J connectivity index is 2.19. The van der Waals surface area contributed by atoms with Crippen molar-refractivity contribution in [1.82, 2.24) is 10.2 Å². The van der Waals surface area contributed by atoms with Crippen LogP contribution in [0.15, 0.2) is 36.4 Å². The van der Waals surface area contributed by atoms with Crippen molar-refractivity contribution in [3.63, 3.8) is 0 Å². The van der Waals surface area contributed by atoms with Gasteiger partial charge in [0.25, 0.3) is 0 Å². The van der Waals surface area contributed by atoms with Crippen molar-refractivity contribution >= 4 is 50.7 Å². The largest absolute Gasteiger partial charge is 0.357 e. The smallest absolute Gasteiger partial charge is 0.242 e. The van der Waals surface area contributed by atoms with Crippen LogP contribution in [0.2, 0.25) is 10.0 Å². The van der Waals surface area contributed by atoms with Gasteiger partial charge in [-0.15, -0.1) is 0 Å². The molecule has 0 spiro atoms. The van der Waals surface area contributed by atoms with Crippen LogP contribution in [0.1, 0.15) is 36.5 Å². The molecule has 0 aliphatic rings. The number of sulfonamides is 1. The van der Waals surface area contributed by atoms with E-state index in [4.69, 9.17) is 23.2 Å². The van der Waals surface area contributed by atoms with E-state index < -0.39 is 16.1 Å². The molecule has 0 aromatic heterocycles. The number of benzene rings is 2. The molecule has 2 aromatic rings. The minimum atomic E-state index is -3.54. The zero-order valence-electron chi connectivity index (χ0n) is 20.1. The van der Waals surface area contributed by atoms with E-state index in [0.717, 1.165) is 17.4 Å². The number of carbonyl (C=O) groups is 2. The van der Waals surface area contributed by atoms with Crippen LogP contribution in [-0.2, 0) is 26.2 Å². The highest BCUT2D eigenvalue weighted by Crippen LogP contribution is 2.25. The molecule has 10 heteroatoms. The zero-order valence-corrected chi connectivity index (χ0v) is 22.4. The second-order valence-corrected chi connectivity index (χ2v) is 11.0. The van der Waals surface area contributed by atoms with Crippen molar-refractivity contribution in [2.45, 2.75) is 46.2 Å². The van der Waals surface area contributed by atoms with Gasteiger partial charge in [0.05, 0.1) is 11.9 Å². The first-order valence-corrected chi connectivity index (χ1v) is 13.5. The van der Waals surface area contributed by atoms with E-state index in [1.54, 1.807) is 31.2 Å². The summed E-state index contributed by atoms with van der Waals surface area (Å²) < 4.78 is 26.2. The van der Waals surface area contributed by atoms with Gasteiger partial charge in [-0.2, -0.15) is 0 Å². The lowest BCUT2D eigenvalue weighted by Gasteiger charge is -2.29. The van der Waals surface area contributed by atoms with Crippen molar-refractivity contribution in [1.29, 1.82) is 0 Å². The number of rotatable bonds is 10. The fourth-order valence-corrected chi connectivity index (χ4v) is 4.94. The molecule has 0 bridgehead atoms. The van der Waals surface area contributed by atoms with E-state index in [0.29, 0.717) is 21.3 Å². The monoisotopic (exact) mass is 527 g/mol. The second kappa shape index (κ2) is 11.9. The number of likely N-dealkylation sites (N-methyl/N-ethyl adjacent to an activating group) is 1. The molecule has 2 amide bonds. The summed E-state index contributed by atoms with van der Waals surface area (Å²) in [5.41, 5.74) is 3.25. The van der Waals surface area contributed by atoms with E-state index in [2.05, 4.69) is 5.32 Å². The van der Waals surface area contributed by atoms with Crippen LogP contribution < -0.4 is 9.62 Å². The summed E-state index contributed by atoms with van der Waals surface area (Å²) in [5.74, 6) is -0.595. The standard InChI is InChI=1S/C24H31Cl2N3O4S/c1-16-8-11-21(13-17(16)2)29(34(5,32)33)12-6-7-23(30)28(18(3)24(31)27-4)15-19-9-10-20(25)14-22(19)26/h8-11,13-14,18H,6-7,12,15H2,1-5H3,(H,27,31)/t18-/m1/s1. The minimum absolute atomic E-state index is 0.0589. The number of anilines is 1. The average Bonchev–Trinajstić information content (AvgIpc) is 2.76. The van der Waals surface area contributed by atoms with Crippen LogP contribution >= 0.6 is 23.2 Å². The Hall–Kier alpha value is -2.29. The lowest BCUT2D eigenvalue weighted by Crippen LogP contribution is -2.46. The van der Waals surface area contributed by atoms with E-state index in [9.17, 15) is 18.0 Å². The Morgan fingerprint density at radius 3 is 2.29 bits per heavy atom. The maximum atomic E-state index is 13.2. The maximum Gasteiger partial charge on any atom is 0.242 e. The summed E-state index contributed by atoms with van der Waals surface area (Å²) in [6, 6.07) is 9.68. The summed E-state index contributed by atoms with van der Waals surface area (Å²) in [6.07, 6.45) is 1.49. The summed E-state index contributed by atoms with van der Waals surface area (Å²) in [5, 5.41) is 3.43. The highest BCUT2D eigenvalue weighted by atomic mass is 35.5. The summed E-state index contributed by atoms with van der Waals surface area (Å²) in [6.45, 7) is 5.77. The Morgan fingerprint density at radius 1 is 1.06 bits per heavy atom. The molecule has 0 aliphatic carbocycles. The first-order chi connectivity index (χ1) is 15.8. The number of hydrogen-bond donors (Lipinski definition) is 1. The number of hydrogen-bond acceptors (Lipinski definition) is 4. The molecule has 2 aromatic carbocycles. The van der Waals surface area contributed by atoms with Crippen LogP contribution in [0, 0.1) is 13.8 Å². The van der Waals surface area contributed by atoms with E-state index in [-0.39, 0.29) is 37.7 Å². The molecule has 0 saturated heterocycles. The normalized spacial score (nSPS) is 12.2. The molecular weight excluding hydrogens is 497 g/mol. The molecule has 34 heavy (non-hydrogen) atoms. The van der Waals surface area contributed by atoms with Crippen molar-refractivity contribution in [2.24, 2.45) is 0 Å². The molecular formula is C24H31Cl2N3O4S. The number of amides is 2. The molecule has 2 rings (SSSR count). The maximum absolute atomic E-state index is 13.2. The van der Waals surface area contributed by atoms with Gasteiger partial charge in [-0.05, 0) is 68.1 Å². The van der Waals surface area contributed by atoms with Gasteiger partial charge >= 0.3 is 0 Å². The van der Waals surface area contributed by atoms with E-state index >= 15 is 0 Å². The summed E-state index contributed by atoms with van der Waals surface area (Å²) >= 11 is 12.3. The van der Waals surface area contributed by atoms with E-state index in [1.165, 1.54) is 16.3 Å². The van der Waals surface area contributed by atoms with E-state index in [1.807, 2.05) is 26.0 Å². The highest BCUT2D eigenvalue weighted by molar-refractivity contribution is 7.92. The van der Waals surface area contributed by atoms with Gasteiger partial charge in [0.2, 0.25) is 21.8 Å². The Labute approximate surface area is 212 Å². The van der Waals surface area contributed by atoms with Crippen LogP contribution in [0.25, 0.3) is 0 Å². The van der Waals surface area contributed by atoms with Gasteiger partial charge < -0.3 is 10.2 Å². The molecule has 0 radical (unpaired) electrons. The third-order valence-electron chi connectivity index (χ3n) is 5.70. The predicted molar refractivity (Wildman–Crippen MR) is 138 cm³/mol. The Bertz CT molecular complexity index is 1150. The van der Waals surface area contributed by atoms with Crippen molar-refractivity contribution in [2.75, 3.05) is 24.2 Å². The highest BCUT2D eigenvalue weighted by Gasteiger charge is 2.26. The average molecular weight is 529 g/mol. The predicted octanol–water partition coefficient (Wildman–Crippen LogP) is 4.32. The SMILES string of the molecule is CNC(=O)[C@@H](C)N(Cc1ccc(Cl)cc1Cl)C(=O)CCCN(c1ccc(C)c(C)c1)S(C)(=O)=O. The number of nitrogens with zero attached hydrogens (tertiary/aromatic N) is 2.